The van der Waals surface area contributed by atoms with E-state index in [1.165, 1.54) is 5.56 Å². The van der Waals surface area contributed by atoms with Crippen LogP contribution in [0.15, 0.2) is 54.7 Å². The van der Waals surface area contributed by atoms with E-state index in [1.54, 1.807) is 4.90 Å². The van der Waals surface area contributed by atoms with Crippen LogP contribution in [0.4, 0.5) is 0 Å². The lowest BCUT2D eigenvalue weighted by Gasteiger charge is -2.35. The number of nitrogens with one attached hydrogen (secondary N) is 1. The third-order valence-electron chi connectivity index (χ3n) is 6.97. The van der Waals surface area contributed by atoms with Crippen LogP contribution in [0.1, 0.15) is 53.7 Å². The van der Waals surface area contributed by atoms with E-state index in [9.17, 15) is 9.59 Å². The van der Waals surface area contributed by atoms with Crippen molar-refractivity contribution in [3.8, 4) is 5.75 Å². The van der Waals surface area contributed by atoms with Crippen LogP contribution >= 0.6 is 0 Å². The maximum absolute atomic E-state index is 13.0. The van der Waals surface area contributed by atoms with Crippen molar-refractivity contribution in [2.75, 3.05) is 13.1 Å². The second-order valence-electron chi connectivity index (χ2n) is 9.92. The number of carbonyl (C=O) groups excluding carboxylic acids is 2. The van der Waals surface area contributed by atoms with Crippen LogP contribution in [0, 0.1) is 0 Å². The molecule has 2 amide bonds. The number of carbonyl (C=O) groups is 2. The zero-order valence-corrected chi connectivity index (χ0v) is 20.5. The van der Waals surface area contributed by atoms with Crippen LogP contribution in [0.25, 0.3) is 0 Å². The minimum atomic E-state index is -0.474. The lowest BCUT2D eigenvalue weighted by molar-refractivity contribution is -0.126. The molecule has 7 heteroatoms. The second-order valence-corrected chi connectivity index (χ2v) is 9.92. The molecule has 3 aliphatic heterocycles. The summed E-state index contributed by atoms with van der Waals surface area (Å²) in [4.78, 5) is 29.6. The maximum Gasteiger partial charge on any atom is 0.255 e. The van der Waals surface area contributed by atoms with Gasteiger partial charge in [0.15, 0.2) is 0 Å². The summed E-state index contributed by atoms with van der Waals surface area (Å²) in [6, 6.07) is 13.6. The number of rotatable bonds is 6. The number of nitrogens with zero attached hydrogens (tertiary/aromatic N) is 2. The van der Waals surface area contributed by atoms with E-state index in [4.69, 9.17) is 9.47 Å². The van der Waals surface area contributed by atoms with Crippen molar-refractivity contribution in [1.82, 2.24) is 15.1 Å². The zero-order chi connectivity index (χ0) is 24.5. The Hall–Kier alpha value is -3.16. The molecular weight excluding hydrogens is 442 g/mol. The Morgan fingerprint density at radius 3 is 2.49 bits per heavy atom. The molecule has 2 fully saturated rings. The molecule has 0 aliphatic carbocycles. The molecule has 3 aliphatic rings. The van der Waals surface area contributed by atoms with Crippen molar-refractivity contribution in [2.45, 2.75) is 64.6 Å². The molecule has 1 N–H and O–H groups in total. The van der Waals surface area contributed by atoms with Crippen LogP contribution in [0.2, 0.25) is 0 Å². The molecule has 5 rings (SSSR count). The number of allylic oxidation sites excluding steroid dienone is 1. The van der Waals surface area contributed by atoms with Gasteiger partial charge in [-0.1, -0.05) is 36.9 Å². The number of ether oxygens (including phenoxy) is 2. The predicted molar refractivity (Wildman–Crippen MR) is 133 cm³/mol. The quantitative estimate of drug-likeness (QED) is 0.691. The minimum absolute atomic E-state index is 0.116. The molecule has 0 saturated carbocycles. The minimum Gasteiger partial charge on any atom is -0.489 e. The van der Waals surface area contributed by atoms with Crippen molar-refractivity contribution in [3.05, 3.63) is 77.0 Å². The topological polar surface area (TPSA) is 71.1 Å². The highest BCUT2D eigenvalue weighted by atomic mass is 16.5. The summed E-state index contributed by atoms with van der Waals surface area (Å²) in [7, 11) is 0. The fourth-order valence-electron chi connectivity index (χ4n) is 5.35. The molecule has 0 aromatic heterocycles. The van der Waals surface area contributed by atoms with Crippen molar-refractivity contribution >= 4 is 11.8 Å². The number of morpholine rings is 1. The molecule has 184 valence electrons. The molecule has 35 heavy (non-hydrogen) atoms. The molecule has 7 nitrogen and oxygen atoms in total. The summed E-state index contributed by atoms with van der Waals surface area (Å²) >= 11 is 0. The van der Waals surface area contributed by atoms with Crippen molar-refractivity contribution < 1.29 is 19.1 Å². The summed E-state index contributed by atoms with van der Waals surface area (Å²) in [5, 5.41) is 2.78. The van der Waals surface area contributed by atoms with Crippen molar-refractivity contribution in [1.29, 1.82) is 0 Å². The Balaban J connectivity index is 1.21. The van der Waals surface area contributed by atoms with Gasteiger partial charge in [-0.3, -0.25) is 14.5 Å². The Bertz CT molecular complexity index is 1120. The van der Waals surface area contributed by atoms with Gasteiger partial charge >= 0.3 is 0 Å². The second kappa shape index (κ2) is 9.84. The first-order chi connectivity index (χ1) is 16.9. The van der Waals surface area contributed by atoms with E-state index in [1.807, 2.05) is 18.2 Å². The van der Waals surface area contributed by atoms with E-state index >= 15 is 0 Å². The average molecular weight is 476 g/mol. The Kier molecular flexibility index (Phi) is 6.62. The highest BCUT2D eigenvalue weighted by Crippen LogP contribution is 2.34. The third-order valence-corrected chi connectivity index (χ3v) is 6.97. The normalized spacial score (nSPS) is 24.9. The fraction of sp³-hybridized carbons (Fsp3) is 0.429. The van der Waals surface area contributed by atoms with Crippen LogP contribution in [0.5, 0.6) is 5.75 Å². The first-order valence-corrected chi connectivity index (χ1v) is 12.4. The van der Waals surface area contributed by atoms with Crippen LogP contribution in [-0.4, -0.2) is 53.0 Å². The lowest BCUT2D eigenvalue weighted by atomic mass is 10.0. The summed E-state index contributed by atoms with van der Waals surface area (Å²) in [5.74, 6) is 0.416. The fourth-order valence-corrected chi connectivity index (χ4v) is 5.35. The Morgan fingerprint density at radius 2 is 1.77 bits per heavy atom. The molecule has 1 unspecified atom stereocenters. The number of fused-ring (bicyclic) bond motifs is 1. The third kappa shape index (κ3) is 5.11. The molecule has 0 spiro atoms. The van der Waals surface area contributed by atoms with E-state index in [0.29, 0.717) is 43.0 Å². The molecule has 2 saturated heterocycles. The summed E-state index contributed by atoms with van der Waals surface area (Å²) in [5.41, 5.74) is 4.51. The lowest BCUT2D eigenvalue weighted by Crippen LogP contribution is -2.49. The van der Waals surface area contributed by atoms with Gasteiger partial charge in [0.1, 0.15) is 18.4 Å². The summed E-state index contributed by atoms with van der Waals surface area (Å²) in [6.45, 7) is 11.7. The van der Waals surface area contributed by atoms with Crippen molar-refractivity contribution in [3.63, 3.8) is 0 Å². The van der Waals surface area contributed by atoms with Gasteiger partial charge in [-0.15, -0.1) is 0 Å². The van der Waals surface area contributed by atoms with Gasteiger partial charge in [-0.2, -0.15) is 0 Å². The van der Waals surface area contributed by atoms with Gasteiger partial charge in [0, 0.05) is 36.5 Å². The van der Waals surface area contributed by atoms with Crippen LogP contribution in [0.3, 0.4) is 0 Å². The summed E-state index contributed by atoms with van der Waals surface area (Å²) in [6.07, 6.45) is 1.79. The smallest absolute Gasteiger partial charge is 0.255 e. The Morgan fingerprint density at radius 1 is 1.06 bits per heavy atom. The molecule has 3 atom stereocenters. The van der Waals surface area contributed by atoms with Gasteiger partial charge in [-0.05, 0) is 49.9 Å². The molecule has 0 radical (unpaired) electrons. The van der Waals surface area contributed by atoms with Gasteiger partial charge in [0.2, 0.25) is 5.91 Å². The standard InChI is InChI=1S/C28H33N3O4/c1-18-7-12-25(27(32)29-18)31-16-24-23(28(31)33)5-4-6-26(24)34-17-22-10-8-21(9-11-22)15-30-13-19(2)35-20(3)14-30/h4-6,8-11,19-20,25H,1,7,12-17H2,2-3H3,(H,29,32)/t19-,20+,25?. The molecular formula is C28H33N3O4. The molecule has 0 bridgehead atoms. The van der Waals surface area contributed by atoms with E-state index < -0.39 is 6.04 Å². The summed E-state index contributed by atoms with van der Waals surface area (Å²) < 4.78 is 12.0. The maximum atomic E-state index is 13.0. The predicted octanol–water partition coefficient (Wildman–Crippen LogP) is 3.62. The van der Waals surface area contributed by atoms with E-state index in [2.05, 4.69) is 54.9 Å². The van der Waals surface area contributed by atoms with E-state index in [-0.39, 0.29) is 24.0 Å². The average Bonchev–Trinajstić information content (AvgIpc) is 3.15. The SMILES string of the molecule is C=C1CCC(N2Cc3c(OCc4ccc(CN5C[C@@H](C)O[C@@H](C)C5)cc4)cccc3C2=O)C(=O)N1. The largest absolute Gasteiger partial charge is 0.489 e. The number of benzene rings is 2. The Labute approximate surface area is 206 Å². The zero-order valence-electron chi connectivity index (χ0n) is 20.5. The van der Waals surface area contributed by atoms with Gasteiger partial charge in [0.25, 0.3) is 5.91 Å². The van der Waals surface area contributed by atoms with Gasteiger partial charge in [0.05, 0.1) is 18.8 Å². The van der Waals surface area contributed by atoms with Gasteiger partial charge < -0.3 is 19.7 Å². The molecule has 2 aromatic rings. The number of hydrogen-bond donors (Lipinski definition) is 1. The molecule has 3 heterocycles. The van der Waals surface area contributed by atoms with Crippen LogP contribution < -0.4 is 10.1 Å². The number of hydrogen-bond acceptors (Lipinski definition) is 5. The number of amides is 2. The first-order valence-electron chi connectivity index (χ1n) is 12.4. The molecule has 2 aromatic carbocycles. The highest BCUT2D eigenvalue weighted by Gasteiger charge is 2.39. The highest BCUT2D eigenvalue weighted by molar-refractivity contribution is 6.02. The van der Waals surface area contributed by atoms with Gasteiger partial charge in [-0.25, -0.2) is 0 Å². The monoisotopic (exact) mass is 475 g/mol. The van der Waals surface area contributed by atoms with E-state index in [0.717, 1.165) is 30.8 Å². The first kappa shape index (κ1) is 23.6. The van der Waals surface area contributed by atoms with Crippen LogP contribution in [-0.2, 0) is 29.2 Å². The number of piperidine rings is 1. The van der Waals surface area contributed by atoms with Crippen molar-refractivity contribution in [2.24, 2.45) is 0 Å².